The van der Waals surface area contributed by atoms with E-state index < -0.39 is 11.6 Å². The second-order valence-electron chi connectivity index (χ2n) is 8.19. The highest BCUT2D eigenvalue weighted by atomic mass is 35.5. The van der Waals surface area contributed by atoms with Gasteiger partial charge in [-0.25, -0.2) is 9.78 Å². The number of amides is 1. The Morgan fingerprint density at radius 3 is 2.56 bits per heavy atom. The smallest absolute Gasteiger partial charge is 0.407 e. The van der Waals surface area contributed by atoms with E-state index in [2.05, 4.69) is 9.97 Å². The molecule has 7 heteroatoms. The SMILES string of the molecule is CC(C)(C)CN(C(=O)O)C1(COc2cnc(Cl)c(-c3ccncc3)c2)CC1. The Morgan fingerprint density at radius 1 is 1.33 bits per heavy atom. The second kappa shape index (κ2) is 7.35. The summed E-state index contributed by atoms with van der Waals surface area (Å²) in [6.45, 7) is 6.86. The number of carboxylic acid groups (broad SMARTS) is 1. The third-order valence-corrected chi connectivity index (χ3v) is 4.88. The predicted octanol–water partition coefficient (Wildman–Crippen LogP) is 4.73. The van der Waals surface area contributed by atoms with Crippen LogP contribution in [-0.2, 0) is 0 Å². The zero-order valence-electron chi connectivity index (χ0n) is 15.8. The van der Waals surface area contributed by atoms with Crippen LogP contribution in [0.4, 0.5) is 4.79 Å². The lowest BCUT2D eigenvalue weighted by Gasteiger charge is -2.34. The highest BCUT2D eigenvalue weighted by molar-refractivity contribution is 6.32. The number of rotatable bonds is 6. The molecule has 1 N–H and O–H groups in total. The number of hydrogen-bond donors (Lipinski definition) is 1. The molecule has 0 radical (unpaired) electrons. The Bertz CT molecular complexity index is 817. The van der Waals surface area contributed by atoms with Crippen molar-refractivity contribution in [1.82, 2.24) is 14.9 Å². The van der Waals surface area contributed by atoms with E-state index in [4.69, 9.17) is 16.3 Å². The standard InChI is InChI=1S/C20H24ClN3O3/c1-19(2,3)12-24(18(25)26)20(6-7-20)13-27-15-10-16(17(21)23-11-15)14-4-8-22-9-5-14/h4-5,8-11H,6-7,12-13H2,1-3H3,(H,25,26). The Morgan fingerprint density at radius 2 is 2.00 bits per heavy atom. The molecule has 0 atom stereocenters. The molecule has 2 aromatic heterocycles. The summed E-state index contributed by atoms with van der Waals surface area (Å²) in [5.74, 6) is 0.568. The third-order valence-electron chi connectivity index (χ3n) is 4.58. The highest BCUT2D eigenvalue weighted by Gasteiger charge is 2.52. The summed E-state index contributed by atoms with van der Waals surface area (Å²) in [7, 11) is 0. The molecule has 1 fully saturated rings. The number of aromatic nitrogens is 2. The third kappa shape index (κ3) is 4.69. The minimum absolute atomic E-state index is 0.121. The molecule has 0 aliphatic heterocycles. The van der Waals surface area contributed by atoms with Crippen molar-refractivity contribution in [2.75, 3.05) is 13.2 Å². The Labute approximate surface area is 164 Å². The maximum atomic E-state index is 11.8. The average Bonchev–Trinajstić information content (AvgIpc) is 3.40. The van der Waals surface area contributed by atoms with Gasteiger partial charge in [0.2, 0.25) is 0 Å². The van der Waals surface area contributed by atoms with Crippen LogP contribution in [0.25, 0.3) is 11.1 Å². The van der Waals surface area contributed by atoms with Crippen LogP contribution >= 0.6 is 11.6 Å². The molecular formula is C20H24ClN3O3. The van der Waals surface area contributed by atoms with Crippen molar-refractivity contribution in [2.45, 2.75) is 39.2 Å². The lowest BCUT2D eigenvalue weighted by molar-refractivity contribution is 0.0719. The fraction of sp³-hybridized carbons (Fsp3) is 0.450. The van der Waals surface area contributed by atoms with E-state index in [1.807, 2.05) is 39.0 Å². The van der Waals surface area contributed by atoms with Crippen LogP contribution in [0.5, 0.6) is 5.75 Å². The lowest BCUT2D eigenvalue weighted by Crippen LogP contribution is -2.48. The van der Waals surface area contributed by atoms with E-state index in [1.165, 1.54) is 4.90 Å². The summed E-state index contributed by atoms with van der Waals surface area (Å²) in [5.41, 5.74) is 1.07. The molecule has 27 heavy (non-hydrogen) atoms. The van der Waals surface area contributed by atoms with E-state index in [0.717, 1.165) is 24.0 Å². The minimum Gasteiger partial charge on any atom is -0.489 e. The fourth-order valence-electron chi connectivity index (χ4n) is 3.01. The predicted molar refractivity (Wildman–Crippen MR) is 104 cm³/mol. The molecule has 0 spiro atoms. The zero-order valence-corrected chi connectivity index (χ0v) is 16.5. The highest BCUT2D eigenvalue weighted by Crippen LogP contribution is 2.43. The van der Waals surface area contributed by atoms with E-state index in [-0.39, 0.29) is 5.41 Å². The zero-order chi connectivity index (χ0) is 19.7. The first-order valence-corrected chi connectivity index (χ1v) is 9.27. The number of nitrogens with zero attached hydrogens (tertiary/aromatic N) is 3. The van der Waals surface area contributed by atoms with Crippen molar-refractivity contribution in [3.05, 3.63) is 41.9 Å². The second-order valence-corrected chi connectivity index (χ2v) is 8.55. The molecule has 0 aromatic carbocycles. The molecule has 1 amide bonds. The largest absolute Gasteiger partial charge is 0.489 e. The molecule has 1 saturated carbocycles. The monoisotopic (exact) mass is 389 g/mol. The van der Waals surface area contributed by atoms with Gasteiger partial charge in [0.25, 0.3) is 0 Å². The van der Waals surface area contributed by atoms with Crippen molar-refractivity contribution in [3.63, 3.8) is 0 Å². The van der Waals surface area contributed by atoms with Gasteiger partial charge in [0.1, 0.15) is 17.5 Å². The van der Waals surface area contributed by atoms with Crippen LogP contribution in [0, 0.1) is 5.41 Å². The van der Waals surface area contributed by atoms with Crippen molar-refractivity contribution < 1.29 is 14.6 Å². The number of pyridine rings is 2. The maximum absolute atomic E-state index is 11.8. The van der Waals surface area contributed by atoms with Gasteiger partial charge in [0.15, 0.2) is 0 Å². The molecule has 2 aromatic rings. The number of hydrogen-bond acceptors (Lipinski definition) is 4. The van der Waals surface area contributed by atoms with Gasteiger partial charge in [0.05, 0.1) is 11.7 Å². The summed E-state index contributed by atoms with van der Waals surface area (Å²) >= 11 is 6.22. The topological polar surface area (TPSA) is 75.6 Å². The van der Waals surface area contributed by atoms with Gasteiger partial charge < -0.3 is 9.84 Å². The van der Waals surface area contributed by atoms with Crippen molar-refractivity contribution in [2.24, 2.45) is 5.41 Å². The van der Waals surface area contributed by atoms with Crippen LogP contribution in [0.15, 0.2) is 36.8 Å². The van der Waals surface area contributed by atoms with Crippen molar-refractivity contribution in [1.29, 1.82) is 0 Å². The van der Waals surface area contributed by atoms with Gasteiger partial charge in [-0.2, -0.15) is 0 Å². The summed E-state index contributed by atoms with van der Waals surface area (Å²) < 4.78 is 5.95. The quantitative estimate of drug-likeness (QED) is 0.722. The minimum atomic E-state index is -0.905. The van der Waals surface area contributed by atoms with Gasteiger partial charge in [-0.15, -0.1) is 0 Å². The van der Waals surface area contributed by atoms with Crippen LogP contribution in [-0.4, -0.2) is 44.8 Å². The van der Waals surface area contributed by atoms with Crippen LogP contribution in [0.2, 0.25) is 5.15 Å². The summed E-state index contributed by atoms with van der Waals surface area (Å²) in [4.78, 5) is 21.5. The first kappa shape index (κ1) is 19.4. The van der Waals surface area contributed by atoms with Crippen LogP contribution in [0.1, 0.15) is 33.6 Å². The van der Waals surface area contributed by atoms with Gasteiger partial charge in [-0.3, -0.25) is 9.88 Å². The number of carbonyl (C=O) groups is 1. The molecular weight excluding hydrogens is 366 g/mol. The first-order chi connectivity index (χ1) is 12.7. The first-order valence-electron chi connectivity index (χ1n) is 8.90. The molecule has 2 heterocycles. The molecule has 0 unspecified atom stereocenters. The Hall–Kier alpha value is -2.34. The van der Waals surface area contributed by atoms with Crippen LogP contribution < -0.4 is 4.74 Å². The number of ether oxygens (including phenoxy) is 1. The van der Waals surface area contributed by atoms with Gasteiger partial charge in [-0.1, -0.05) is 32.4 Å². The summed E-state index contributed by atoms with van der Waals surface area (Å²) in [5, 5.41) is 10.1. The maximum Gasteiger partial charge on any atom is 0.407 e. The molecule has 0 bridgehead atoms. The van der Waals surface area contributed by atoms with E-state index >= 15 is 0 Å². The average molecular weight is 390 g/mol. The molecule has 1 aliphatic rings. The molecule has 0 saturated heterocycles. The normalized spacial score (nSPS) is 15.3. The van der Waals surface area contributed by atoms with Gasteiger partial charge in [-0.05, 0) is 42.0 Å². The molecule has 3 rings (SSSR count). The Kier molecular flexibility index (Phi) is 5.29. The fourth-order valence-corrected chi connectivity index (χ4v) is 3.22. The Balaban J connectivity index is 1.76. The summed E-state index contributed by atoms with van der Waals surface area (Å²) in [6.07, 6.45) is 5.64. The van der Waals surface area contributed by atoms with Gasteiger partial charge >= 0.3 is 6.09 Å². The van der Waals surface area contributed by atoms with E-state index in [1.54, 1.807) is 18.6 Å². The van der Waals surface area contributed by atoms with E-state index in [9.17, 15) is 9.90 Å². The molecule has 1 aliphatic carbocycles. The van der Waals surface area contributed by atoms with Crippen molar-refractivity contribution in [3.8, 4) is 16.9 Å². The molecule has 144 valence electrons. The van der Waals surface area contributed by atoms with Gasteiger partial charge in [0, 0.05) is 24.5 Å². The van der Waals surface area contributed by atoms with Crippen molar-refractivity contribution >= 4 is 17.7 Å². The summed E-state index contributed by atoms with van der Waals surface area (Å²) in [6, 6.07) is 5.53. The lowest BCUT2D eigenvalue weighted by atomic mass is 9.95. The van der Waals surface area contributed by atoms with E-state index in [0.29, 0.717) is 24.1 Å². The van der Waals surface area contributed by atoms with Crippen LogP contribution in [0.3, 0.4) is 0 Å². The molecule has 6 nitrogen and oxygen atoms in total. The number of halogens is 1.